The molecule has 0 bridgehead atoms. The van der Waals surface area contributed by atoms with Crippen LogP contribution in [0, 0.1) is 5.41 Å². The van der Waals surface area contributed by atoms with Gasteiger partial charge in [0.05, 0.1) is 3.79 Å². The first-order chi connectivity index (χ1) is 8.18. The molecule has 0 unspecified atom stereocenters. The first kappa shape index (κ1) is 16.2. The molecular weight excluding hydrogens is 306 g/mol. The van der Waals surface area contributed by atoms with Crippen LogP contribution < -0.4 is 5.32 Å². The molecule has 0 aliphatic heterocycles. The van der Waals surface area contributed by atoms with Crippen molar-refractivity contribution in [1.29, 1.82) is 0 Å². The highest BCUT2D eigenvalue weighted by atomic mass is 79.9. The number of hydrogen-bond donors (Lipinski definition) is 1. The Balaban J connectivity index is 2.31. The third kappa shape index (κ3) is 6.91. The largest absolute Gasteiger partial charge is 0.312 e. The van der Waals surface area contributed by atoms with E-state index in [9.17, 15) is 0 Å². The van der Waals surface area contributed by atoms with Crippen molar-refractivity contribution >= 4 is 27.3 Å². The van der Waals surface area contributed by atoms with E-state index in [2.05, 4.69) is 68.0 Å². The highest BCUT2D eigenvalue weighted by Gasteiger charge is 2.19. The van der Waals surface area contributed by atoms with Crippen LogP contribution in [-0.2, 0) is 6.42 Å². The summed E-state index contributed by atoms with van der Waals surface area (Å²) in [5.74, 6) is 0. The first-order valence-corrected chi connectivity index (χ1v) is 8.28. The number of thiophene rings is 1. The molecule has 0 spiro atoms. The molecule has 3 heteroatoms. The van der Waals surface area contributed by atoms with Crippen molar-refractivity contribution in [3.05, 3.63) is 20.8 Å². The molecule has 18 heavy (non-hydrogen) atoms. The van der Waals surface area contributed by atoms with E-state index in [1.165, 1.54) is 27.9 Å². The Morgan fingerprint density at radius 2 is 1.78 bits per heavy atom. The van der Waals surface area contributed by atoms with E-state index in [0.29, 0.717) is 5.41 Å². The molecule has 0 aliphatic carbocycles. The highest BCUT2D eigenvalue weighted by molar-refractivity contribution is 9.11. The Labute approximate surface area is 125 Å². The minimum absolute atomic E-state index is 0.231. The average molecular weight is 332 g/mol. The smallest absolute Gasteiger partial charge is 0.0701 e. The van der Waals surface area contributed by atoms with Crippen LogP contribution in [0.15, 0.2) is 15.9 Å². The summed E-state index contributed by atoms with van der Waals surface area (Å²) in [5, 5.41) is 3.58. The fraction of sp³-hybridized carbons (Fsp3) is 0.733. The average Bonchev–Trinajstić information content (AvgIpc) is 2.59. The lowest BCUT2D eigenvalue weighted by Gasteiger charge is -2.28. The van der Waals surface area contributed by atoms with Gasteiger partial charge in [-0.2, -0.15) is 0 Å². The van der Waals surface area contributed by atoms with Gasteiger partial charge in [0.15, 0.2) is 0 Å². The minimum atomic E-state index is 0.231. The summed E-state index contributed by atoms with van der Waals surface area (Å²) in [7, 11) is 0. The Kier molecular flexibility index (Phi) is 5.88. The van der Waals surface area contributed by atoms with Crippen LogP contribution in [0.5, 0.6) is 0 Å². The summed E-state index contributed by atoms with van der Waals surface area (Å²) in [6, 6.07) is 4.38. The summed E-state index contributed by atoms with van der Waals surface area (Å²) < 4.78 is 1.24. The lowest BCUT2D eigenvalue weighted by Crippen LogP contribution is -2.38. The van der Waals surface area contributed by atoms with E-state index in [0.717, 1.165) is 6.54 Å². The van der Waals surface area contributed by atoms with E-state index in [1.54, 1.807) is 0 Å². The molecule has 0 saturated heterocycles. The zero-order valence-corrected chi connectivity index (χ0v) is 14.7. The molecule has 1 N–H and O–H groups in total. The predicted octanol–water partition coefficient (Wildman–Crippen LogP) is 5.25. The molecule has 0 aliphatic rings. The highest BCUT2D eigenvalue weighted by Crippen LogP contribution is 2.30. The van der Waals surface area contributed by atoms with E-state index in [-0.39, 0.29) is 5.54 Å². The van der Waals surface area contributed by atoms with Gasteiger partial charge in [-0.1, -0.05) is 13.8 Å². The molecule has 0 radical (unpaired) electrons. The number of nitrogens with one attached hydrogen (secondary N) is 1. The zero-order chi connectivity index (χ0) is 13.8. The lowest BCUT2D eigenvalue weighted by atomic mass is 9.84. The molecule has 1 nitrogen and oxygen atoms in total. The van der Waals surface area contributed by atoms with Crippen molar-refractivity contribution in [3.8, 4) is 0 Å². The summed E-state index contributed by atoms with van der Waals surface area (Å²) in [5.41, 5.74) is 0.642. The van der Waals surface area contributed by atoms with Gasteiger partial charge in [0, 0.05) is 10.4 Å². The van der Waals surface area contributed by atoms with Crippen LogP contribution in [-0.4, -0.2) is 12.1 Å². The summed E-state index contributed by atoms with van der Waals surface area (Å²) in [6.45, 7) is 12.5. The van der Waals surface area contributed by atoms with Crippen molar-refractivity contribution < 1.29 is 0 Å². The maximum absolute atomic E-state index is 3.58. The second kappa shape index (κ2) is 6.53. The number of rotatable bonds is 6. The molecule has 0 saturated carbocycles. The van der Waals surface area contributed by atoms with Crippen molar-refractivity contribution in [2.45, 2.75) is 59.4 Å². The number of hydrogen-bond acceptors (Lipinski definition) is 2. The third-order valence-electron chi connectivity index (χ3n) is 3.13. The van der Waals surface area contributed by atoms with E-state index in [4.69, 9.17) is 0 Å². The van der Waals surface area contributed by atoms with Gasteiger partial charge in [0.2, 0.25) is 0 Å². The zero-order valence-electron chi connectivity index (χ0n) is 12.3. The van der Waals surface area contributed by atoms with Gasteiger partial charge in [-0.15, -0.1) is 11.3 Å². The van der Waals surface area contributed by atoms with E-state index in [1.807, 2.05) is 11.3 Å². The maximum atomic E-state index is 3.58. The summed E-state index contributed by atoms with van der Waals surface area (Å²) >= 11 is 5.38. The van der Waals surface area contributed by atoms with Gasteiger partial charge in [0.1, 0.15) is 0 Å². The third-order valence-corrected chi connectivity index (χ3v) is 4.82. The summed E-state index contributed by atoms with van der Waals surface area (Å²) in [4.78, 5) is 1.48. The Morgan fingerprint density at radius 1 is 1.11 bits per heavy atom. The molecule has 0 atom stereocenters. The van der Waals surface area contributed by atoms with Crippen LogP contribution in [0.25, 0.3) is 0 Å². The molecule has 1 aromatic heterocycles. The molecule has 1 rings (SSSR count). The van der Waals surface area contributed by atoms with E-state index >= 15 is 0 Å². The van der Waals surface area contributed by atoms with Gasteiger partial charge in [-0.25, -0.2) is 0 Å². The topological polar surface area (TPSA) is 12.0 Å². The Morgan fingerprint density at radius 3 is 2.28 bits per heavy atom. The SMILES string of the molecule is CC(C)(CCNC(C)(C)C)CCc1ccc(Br)s1. The second-order valence-corrected chi connectivity index (χ2v) is 9.34. The van der Waals surface area contributed by atoms with Gasteiger partial charge in [0.25, 0.3) is 0 Å². The van der Waals surface area contributed by atoms with Crippen LogP contribution in [0.3, 0.4) is 0 Å². The van der Waals surface area contributed by atoms with Gasteiger partial charge < -0.3 is 5.32 Å². The van der Waals surface area contributed by atoms with Crippen LogP contribution in [0.1, 0.15) is 52.3 Å². The first-order valence-electron chi connectivity index (χ1n) is 6.67. The number of aryl methyl sites for hydroxylation is 1. The van der Waals surface area contributed by atoms with Crippen molar-refractivity contribution in [1.82, 2.24) is 5.32 Å². The fourth-order valence-electron chi connectivity index (χ4n) is 1.85. The molecule has 0 amide bonds. The van der Waals surface area contributed by atoms with Gasteiger partial charge in [-0.05, 0) is 80.1 Å². The molecule has 104 valence electrons. The Bertz CT molecular complexity index is 363. The second-order valence-electron chi connectivity index (χ2n) is 6.80. The summed E-state index contributed by atoms with van der Waals surface area (Å²) in [6.07, 6.45) is 3.68. The molecule has 1 heterocycles. The van der Waals surface area contributed by atoms with Crippen molar-refractivity contribution in [2.75, 3.05) is 6.54 Å². The monoisotopic (exact) mass is 331 g/mol. The number of halogens is 1. The normalized spacial score (nSPS) is 13.0. The standard InChI is InChI=1S/C15H26BrNS/c1-14(2,3)17-11-10-15(4,5)9-8-12-6-7-13(16)18-12/h6-7,17H,8-11H2,1-5H3. The minimum Gasteiger partial charge on any atom is -0.312 e. The van der Waals surface area contributed by atoms with Crippen molar-refractivity contribution in [3.63, 3.8) is 0 Å². The lowest BCUT2D eigenvalue weighted by molar-refractivity contribution is 0.285. The predicted molar refractivity (Wildman–Crippen MR) is 86.5 cm³/mol. The van der Waals surface area contributed by atoms with Crippen LogP contribution in [0.2, 0.25) is 0 Å². The maximum Gasteiger partial charge on any atom is 0.0701 e. The van der Waals surface area contributed by atoms with E-state index < -0.39 is 0 Å². The Hall–Kier alpha value is 0.140. The fourth-order valence-corrected chi connectivity index (χ4v) is 3.33. The molecule has 1 aromatic rings. The quantitative estimate of drug-likeness (QED) is 0.750. The molecule has 0 fully saturated rings. The van der Waals surface area contributed by atoms with Gasteiger partial charge >= 0.3 is 0 Å². The van der Waals surface area contributed by atoms with Crippen LogP contribution in [0.4, 0.5) is 0 Å². The van der Waals surface area contributed by atoms with Gasteiger partial charge in [-0.3, -0.25) is 0 Å². The van der Waals surface area contributed by atoms with Crippen LogP contribution >= 0.6 is 27.3 Å². The molecule has 0 aromatic carbocycles. The van der Waals surface area contributed by atoms with Crippen molar-refractivity contribution in [2.24, 2.45) is 5.41 Å². The molecular formula is C15H26BrNS.